The number of hydrogen-bond donors (Lipinski definition) is 1. The fraction of sp³-hybridized carbons (Fsp3) is 0.200. The Labute approximate surface area is 94.6 Å². The Morgan fingerprint density at radius 2 is 2.33 bits per heavy atom. The lowest BCUT2D eigenvalue weighted by atomic mass is 10.2. The summed E-state index contributed by atoms with van der Waals surface area (Å²) in [6, 6.07) is 5.43. The van der Waals surface area contributed by atoms with E-state index in [1.807, 2.05) is 13.0 Å². The maximum atomic E-state index is 11.1. The van der Waals surface area contributed by atoms with Gasteiger partial charge < -0.3 is 5.11 Å². The molecule has 2 aromatic rings. The first-order valence-electron chi connectivity index (χ1n) is 4.53. The molecule has 5 heteroatoms. The number of aromatic nitrogens is 2. The molecule has 0 unspecified atom stereocenters. The number of carboxylic acids is 1. The van der Waals surface area contributed by atoms with Gasteiger partial charge in [0.15, 0.2) is 5.69 Å². The molecule has 2 rings (SSSR count). The van der Waals surface area contributed by atoms with Crippen molar-refractivity contribution in [1.29, 1.82) is 0 Å². The fourth-order valence-electron chi connectivity index (χ4n) is 1.56. The van der Waals surface area contributed by atoms with Crippen LogP contribution in [-0.4, -0.2) is 20.9 Å². The minimum Gasteiger partial charge on any atom is -0.477 e. The van der Waals surface area contributed by atoms with Crippen LogP contribution in [0.5, 0.6) is 0 Å². The molecule has 0 bridgehead atoms. The van der Waals surface area contributed by atoms with Gasteiger partial charge in [-0.05, 0) is 25.1 Å². The van der Waals surface area contributed by atoms with Gasteiger partial charge in [-0.2, -0.15) is 5.10 Å². The normalized spacial score (nSPS) is 10.8. The number of hydrogen-bond acceptors (Lipinski definition) is 2. The second-order valence-corrected chi connectivity index (χ2v) is 4.05. The number of benzene rings is 1. The third-order valence-corrected chi connectivity index (χ3v) is 2.70. The molecule has 0 spiro atoms. The number of carboxylic acid groups (broad SMARTS) is 1. The van der Waals surface area contributed by atoms with Crippen LogP contribution >= 0.6 is 15.9 Å². The van der Waals surface area contributed by atoms with Crippen molar-refractivity contribution >= 4 is 32.8 Å². The van der Waals surface area contributed by atoms with Gasteiger partial charge in [0, 0.05) is 16.4 Å². The van der Waals surface area contributed by atoms with Crippen LogP contribution in [0.15, 0.2) is 22.7 Å². The number of nitrogens with zero attached hydrogens (tertiary/aromatic N) is 2. The van der Waals surface area contributed by atoms with Crippen LogP contribution in [0.4, 0.5) is 0 Å². The van der Waals surface area contributed by atoms with Crippen molar-refractivity contribution in [2.45, 2.75) is 13.5 Å². The van der Waals surface area contributed by atoms with E-state index in [1.54, 1.807) is 12.1 Å². The Kier molecular flexibility index (Phi) is 2.48. The van der Waals surface area contributed by atoms with Crippen LogP contribution < -0.4 is 0 Å². The summed E-state index contributed by atoms with van der Waals surface area (Å²) < 4.78 is 2.35. The van der Waals surface area contributed by atoms with E-state index in [9.17, 15) is 4.79 Å². The van der Waals surface area contributed by atoms with E-state index in [2.05, 4.69) is 21.0 Å². The molecule has 78 valence electrons. The molecule has 0 fully saturated rings. The van der Waals surface area contributed by atoms with Crippen LogP contribution in [0.3, 0.4) is 0 Å². The molecule has 0 aliphatic heterocycles. The minimum absolute atomic E-state index is 0.244. The highest BCUT2D eigenvalue weighted by Crippen LogP contribution is 2.22. The van der Waals surface area contributed by atoms with Crippen molar-refractivity contribution in [2.24, 2.45) is 0 Å². The van der Waals surface area contributed by atoms with Crippen molar-refractivity contribution in [1.82, 2.24) is 9.78 Å². The molecule has 0 saturated heterocycles. The van der Waals surface area contributed by atoms with Crippen LogP contribution in [0.1, 0.15) is 17.4 Å². The molecule has 0 atom stereocenters. The molecule has 0 aliphatic carbocycles. The molecular formula is C10H9BrN2O2. The number of rotatable bonds is 2. The van der Waals surface area contributed by atoms with Crippen LogP contribution in [-0.2, 0) is 6.54 Å². The lowest BCUT2D eigenvalue weighted by Gasteiger charge is -1.98. The highest BCUT2D eigenvalue weighted by Gasteiger charge is 2.16. The first-order valence-corrected chi connectivity index (χ1v) is 5.32. The summed E-state index contributed by atoms with van der Waals surface area (Å²) in [7, 11) is 0. The highest BCUT2D eigenvalue weighted by molar-refractivity contribution is 9.10. The summed E-state index contributed by atoms with van der Waals surface area (Å²) in [4.78, 5) is 11.1. The van der Waals surface area contributed by atoms with Crippen LogP contribution in [0.2, 0.25) is 0 Å². The molecule has 0 amide bonds. The number of carbonyl (C=O) groups is 1. The minimum atomic E-state index is -0.947. The zero-order valence-corrected chi connectivity index (χ0v) is 9.65. The first kappa shape index (κ1) is 10.2. The van der Waals surface area contributed by atoms with Gasteiger partial charge in [0.2, 0.25) is 0 Å². The topological polar surface area (TPSA) is 55.1 Å². The van der Waals surface area contributed by atoms with Crippen molar-refractivity contribution in [3.8, 4) is 0 Å². The van der Waals surface area contributed by atoms with Crippen LogP contribution in [0.25, 0.3) is 10.9 Å². The molecule has 4 nitrogen and oxygen atoms in total. The first-order chi connectivity index (χ1) is 7.13. The summed E-state index contributed by atoms with van der Waals surface area (Å²) in [5.74, 6) is -0.947. The van der Waals surface area contributed by atoms with Gasteiger partial charge in [0.1, 0.15) is 0 Å². The Bertz CT molecular complexity index is 533. The van der Waals surface area contributed by atoms with E-state index in [0.717, 1.165) is 4.47 Å². The van der Waals surface area contributed by atoms with Gasteiger partial charge in [0.25, 0.3) is 0 Å². The van der Waals surface area contributed by atoms with E-state index < -0.39 is 5.97 Å². The zero-order chi connectivity index (χ0) is 11.0. The average Bonchev–Trinajstić information content (AvgIpc) is 2.55. The van der Waals surface area contributed by atoms with Crippen molar-refractivity contribution in [2.75, 3.05) is 0 Å². The second kappa shape index (κ2) is 3.66. The predicted octanol–water partition coefficient (Wildman–Crippen LogP) is 2.52. The lowest BCUT2D eigenvalue weighted by Crippen LogP contribution is -2.08. The largest absolute Gasteiger partial charge is 0.477 e. The van der Waals surface area contributed by atoms with Gasteiger partial charge in [-0.25, -0.2) is 4.79 Å². The van der Waals surface area contributed by atoms with E-state index in [-0.39, 0.29) is 5.69 Å². The quantitative estimate of drug-likeness (QED) is 0.911. The molecule has 0 aliphatic rings. The predicted molar refractivity (Wildman–Crippen MR) is 60.1 cm³/mol. The molecule has 1 aromatic carbocycles. The third-order valence-electron chi connectivity index (χ3n) is 2.20. The van der Waals surface area contributed by atoms with E-state index in [4.69, 9.17) is 5.11 Å². The summed E-state index contributed by atoms with van der Waals surface area (Å²) in [6.07, 6.45) is 0. The number of aryl methyl sites for hydroxylation is 1. The van der Waals surface area contributed by atoms with Gasteiger partial charge >= 0.3 is 5.97 Å². The maximum Gasteiger partial charge on any atom is 0.354 e. The van der Waals surface area contributed by atoms with Gasteiger partial charge in [-0.3, -0.25) is 4.68 Å². The number of fused-ring (bicyclic) bond motifs is 1. The van der Waals surface area contributed by atoms with Gasteiger partial charge in [-0.15, -0.1) is 0 Å². The zero-order valence-electron chi connectivity index (χ0n) is 8.07. The smallest absolute Gasteiger partial charge is 0.354 e. The Balaban J connectivity index is 2.82. The fourth-order valence-corrected chi connectivity index (χ4v) is 1.92. The standard InChI is InChI=1S/C10H9BrN2O2/c1-2-13-9(10(14)15)7-5-6(11)3-4-8(7)12-13/h3-5H,2H2,1H3,(H,14,15). The summed E-state index contributed by atoms with van der Waals surface area (Å²) in [6.45, 7) is 2.42. The highest BCUT2D eigenvalue weighted by atomic mass is 79.9. The molecule has 1 N–H and O–H groups in total. The molecular weight excluding hydrogens is 260 g/mol. The van der Waals surface area contributed by atoms with Crippen LogP contribution in [0, 0.1) is 0 Å². The van der Waals surface area contributed by atoms with Gasteiger partial charge in [-0.1, -0.05) is 15.9 Å². The van der Waals surface area contributed by atoms with Crippen molar-refractivity contribution < 1.29 is 9.90 Å². The van der Waals surface area contributed by atoms with Crippen molar-refractivity contribution in [3.63, 3.8) is 0 Å². The SMILES string of the molecule is CCn1nc2ccc(Br)cc2c1C(=O)O. The summed E-state index contributed by atoms with van der Waals surface area (Å²) in [5, 5.41) is 14.0. The molecule has 15 heavy (non-hydrogen) atoms. The number of aromatic carboxylic acids is 1. The molecule has 1 heterocycles. The third kappa shape index (κ3) is 1.63. The Morgan fingerprint density at radius 1 is 1.60 bits per heavy atom. The summed E-state index contributed by atoms with van der Waals surface area (Å²) >= 11 is 3.32. The molecule has 1 aromatic heterocycles. The number of halogens is 1. The second-order valence-electron chi connectivity index (χ2n) is 3.13. The maximum absolute atomic E-state index is 11.1. The van der Waals surface area contributed by atoms with E-state index >= 15 is 0 Å². The van der Waals surface area contributed by atoms with E-state index in [0.29, 0.717) is 17.4 Å². The Hall–Kier alpha value is -1.36. The molecule has 0 saturated carbocycles. The molecule has 0 radical (unpaired) electrons. The monoisotopic (exact) mass is 268 g/mol. The lowest BCUT2D eigenvalue weighted by molar-refractivity contribution is 0.0685. The average molecular weight is 269 g/mol. The summed E-state index contributed by atoms with van der Waals surface area (Å²) in [5.41, 5.74) is 0.950. The Morgan fingerprint density at radius 3 is 2.93 bits per heavy atom. The van der Waals surface area contributed by atoms with E-state index in [1.165, 1.54) is 4.68 Å². The van der Waals surface area contributed by atoms with Gasteiger partial charge in [0.05, 0.1) is 5.52 Å². The van der Waals surface area contributed by atoms with Crippen molar-refractivity contribution in [3.05, 3.63) is 28.4 Å².